The second-order valence-electron chi connectivity index (χ2n) is 4.16. The summed E-state index contributed by atoms with van der Waals surface area (Å²) in [5, 5.41) is 11.3. The number of halogens is 2. The van der Waals surface area contributed by atoms with Crippen LogP contribution in [0.25, 0.3) is 0 Å². The molecule has 1 N–H and O–H groups in total. The Bertz CT molecular complexity index is 535. The second kappa shape index (κ2) is 5.75. The van der Waals surface area contributed by atoms with E-state index in [9.17, 15) is 5.11 Å². The SMILES string of the molecule is CCc1ccc([C@@H](O)c2ccc(Cl)cc2Cl)cc1. The van der Waals surface area contributed by atoms with Gasteiger partial charge in [0.1, 0.15) is 6.10 Å². The largest absolute Gasteiger partial charge is 0.384 e. The van der Waals surface area contributed by atoms with Gasteiger partial charge in [-0.15, -0.1) is 0 Å². The summed E-state index contributed by atoms with van der Waals surface area (Å²) < 4.78 is 0. The van der Waals surface area contributed by atoms with Gasteiger partial charge < -0.3 is 5.11 Å². The fourth-order valence-electron chi connectivity index (χ4n) is 1.84. The molecule has 2 aromatic carbocycles. The van der Waals surface area contributed by atoms with Crippen molar-refractivity contribution in [3.63, 3.8) is 0 Å². The molecule has 0 amide bonds. The first-order valence-electron chi connectivity index (χ1n) is 5.83. The first kappa shape index (κ1) is 13.4. The van der Waals surface area contributed by atoms with E-state index in [0.29, 0.717) is 15.6 Å². The molecule has 2 aromatic rings. The number of aliphatic hydroxyl groups is 1. The van der Waals surface area contributed by atoms with Crippen molar-refractivity contribution in [2.75, 3.05) is 0 Å². The Morgan fingerprint density at radius 1 is 1.06 bits per heavy atom. The molecule has 0 saturated heterocycles. The van der Waals surface area contributed by atoms with Gasteiger partial charge in [0.05, 0.1) is 0 Å². The van der Waals surface area contributed by atoms with Crippen LogP contribution in [0.2, 0.25) is 10.0 Å². The summed E-state index contributed by atoms with van der Waals surface area (Å²) in [6.45, 7) is 2.10. The lowest BCUT2D eigenvalue weighted by molar-refractivity contribution is 0.220. The van der Waals surface area contributed by atoms with E-state index in [2.05, 4.69) is 6.92 Å². The molecule has 0 spiro atoms. The maximum atomic E-state index is 10.3. The molecule has 0 aliphatic rings. The minimum Gasteiger partial charge on any atom is -0.384 e. The number of aliphatic hydroxyl groups excluding tert-OH is 1. The van der Waals surface area contributed by atoms with Crippen LogP contribution in [0.1, 0.15) is 29.7 Å². The van der Waals surface area contributed by atoms with Crippen LogP contribution in [0.4, 0.5) is 0 Å². The fraction of sp³-hybridized carbons (Fsp3) is 0.200. The molecule has 0 unspecified atom stereocenters. The van der Waals surface area contributed by atoms with Gasteiger partial charge in [0.15, 0.2) is 0 Å². The van der Waals surface area contributed by atoms with E-state index in [-0.39, 0.29) is 0 Å². The summed E-state index contributed by atoms with van der Waals surface area (Å²) in [4.78, 5) is 0. The van der Waals surface area contributed by atoms with E-state index < -0.39 is 6.10 Å². The summed E-state index contributed by atoms with van der Waals surface area (Å²) in [6, 6.07) is 13.0. The molecular formula is C15H14Cl2O. The van der Waals surface area contributed by atoms with E-state index in [4.69, 9.17) is 23.2 Å². The third-order valence-corrected chi connectivity index (χ3v) is 3.52. The van der Waals surface area contributed by atoms with E-state index in [0.717, 1.165) is 12.0 Å². The average Bonchev–Trinajstić information content (AvgIpc) is 2.38. The van der Waals surface area contributed by atoms with Crippen LogP contribution >= 0.6 is 23.2 Å². The predicted octanol–water partition coefficient (Wildman–Crippen LogP) is 4.64. The van der Waals surface area contributed by atoms with Crippen LogP contribution in [0, 0.1) is 0 Å². The molecule has 18 heavy (non-hydrogen) atoms. The topological polar surface area (TPSA) is 20.2 Å². The number of hydrogen-bond acceptors (Lipinski definition) is 1. The lowest BCUT2D eigenvalue weighted by Crippen LogP contribution is -2.00. The molecule has 0 aromatic heterocycles. The third kappa shape index (κ3) is 2.86. The van der Waals surface area contributed by atoms with Gasteiger partial charge in [0.2, 0.25) is 0 Å². The molecule has 0 heterocycles. The highest BCUT2D eigenvalue weighted by Crippen LogP contribution is 2.30. The van der Waals surface area contributed by atoms with Gasteiger partial charge in [-0.25, -0.2) is 0 Å². The molecule has 1 nitrogen and oxygen atoms in total. The van der Waals surface area contributed by atoms with Crippen LogP contribution in [-0.4, -0.2) is 5.11 Å². The van der Waals surface area contributed by atoms with Gasteiger partial charge in [-0.3, -0.25) is 0 Å². The zero-order valence-corrected chi connectivity index (χ0v) is 11.5. The average molecular weight is 281 g/mol. The monoisotopic (exact) mass is 280 g/mol. The van der Waals surface area contributed by atoms with Crippen LogP contribution in [0.15, 0.2) is 42.5 Å². The van der Waals surface area contributed by atoms with Crippen molar-refractivity contribution in [3.8, 4) is 0 Å². The summed E-state index contributed by atoms with van der Waals surface area (Å²) in [6.07, 6.45) is 0.263. The molecular weight excluding hydrogens is 267 g/mol. The van der Waals surface area contributed by atoms with Crippen LogP contribution in [0.5, 0.6) is 0 Å². The highest BCUT2D eigenvalue weighted by molar-refractivity contribution is 6.35. The minimum absolute atomic E-state index is 0.481. The Kier molecular flexibility index (Phi) is 4.28. The number of hydrogen-bond donors (Lipinski definition) is 1. The van der Waals surface area contributed by atoms with E-state index in [1.165, 1.54) is 5.56 Å². The quantitative estimate of drug-likeness (QED) is 0.869. The summed E-state index contributed by atoms with van der Waals surface area (Å²) in [5.41, 5.74) is 2.75. The lowest BCUT2D eigenvalue weighted by Gasteiger charge is -2.13. The zero-order valence-electron chi connectivity index (χ0n) is 10.0. The van der Waals surface area contributed by atoms with Crippen molar-refractivity contribution in [1.29, 1.82) is 0 Å². The van der Waals surface area contributed by atoms with Crippen LogP contribution < -0.4 is 0 Å². The Morgan fingerprint density at radius 3 is 2.28 bits per heavy atom. The second-order valence-corrected chi connectivity index (χ2v) is 5.01. The van der Waals surface area contributed by atoms with Crippen molar-refractivity contribution in [3.05, 3.63) is 69.2 Å². The fourth-order valence-corrected chi connectivity index (χ4v) is 2.35. The minimum atomic E-state index is -0.722. The standard InChI is InChI=1S/C15H14Cl2O/c1-2-10-3-5-11(6-4-10)15(18)13-8-7-12(16)9-14(13)17/h3-9,15,18H,2H2,1H3/t15-/m1/s1. The lowest BCUT2D eigenvalue weighted by atomic mass is 10.00. The van der Waals surface area contributed by atoms with Gasteiger partial charge in [-0.05, 0) is 29.7 Å². The Hall–Kier alpha value is -1.02. The normalized spacial score (nSPS) is 12.4. The summed E-state index contributed by atoms with van der Waals surface area (Å²) in [5.74, 6) is 0. The molecule has 2 rings (SSSR count). The van der Waals surface area contributed by atoms with Crippen molar-refractivity contribution in [1.82, 2.24) is 0 Å². The van der Waals surface area contributed by atoms with Gasteiger partial charge in [0.25, 0.3) is 0 Å². The van der Waals surface area contributed by atoms with Gasteiger partial charge in [-0.2, -0.15) is 0 Å². The number of aryl methyl sites for hydroxylation is 1. The molecule has 0 aliphatic carbocycles. The van der Waals surface area contributed by atoms with Crippen molar-refractivity contribution >= 4 is 23.2 Å². The Balaban J connectivity index is 2.31. The first-order chi connectivity index (χ1) is 8.61. The van der Waals surface area contributed by atoms with E-state index in [1.54, 1.807) is 18.2 Å². The van der Waals surface area contributed by atoms with E-state index >= 15 is 0 Å². The van der Waals surface area contributed by atoms with Gasteiger partial charge in [0, 0.05) is 15.6 Å². The summed E-state index contributed by atoms with van der Waals surface area (Å²) >= 11 is 11.9. The summed E-state index contributed by atoms with van der Waals surface area (Å²) in [7, 11) is 0. The molecule has 3 heteroatoms. The Morgan fingerprint density at radius 2 is 1.72 bits per heavy atom. The highest BCUT2D eigenvalue weighted by Gasteiger charge is 2.13. The molecule has 0 bridgehead atoms. The van der Waals surface area contributed by atoms with E-state index in [1.807, 2.05) is 24.3 Å². The maximum Gasteiger partial charge on any atom is 0.105 e. The predicted molar refractivity (Wildman–Crippen MR) is 76.3 cm³/mol. The first-order valence-corrected chi connectivity index (χ1v) is 6.59. The molecule has 0 fully saturated rings. The molecule has 94 valence electrons. The molecule has 0 saturated carbocycles. The smallest absolute Gasteiger partial charge is 0.105 e. The highest BCUT2D eigenvalue weighted by atomic mass is 35.5. The van der Waals surface area contributed by atoms with Gasteiger partial charge >= 0.3 is 0 Å². The zero-order chi connectivity index (χ0) is 13.1. The molecule has 0 radical (unpaired) electrons. The van der Waals surface area contributed by atoms with Gasteiger partial charge in [-0.1, -0.05) is 60.5 Å². The number of rotatable bonds is 3. The molecule has 0 aliphatic heterocycles. The third-order valence-electron chi connectivity index (χ3n) is 2.96. The van der Waals surface area contributed by atoms with Crippen molar-refractivity contribution in [2.45, 2.75) is 19.4 Å². The van der Waals surface area contributed by atoms with Crippen molar-refractivity contribution < 1.29 is 5.11 Å². The van der Waals surface area contributed by atoms with Crippen LogP contribution in [-0.2, 0) is 6.42 Å². The maximum absolute atomic E-state index is 10.3. The molecule has 1 atom stereocenters. The van der Waals surface area contributed by atoms with Crippen molar-refractivity contribution in [2.24, 2.45) is 0 Å². The number of benzene rings is 2. The van der Waals surface area contributed by atoms with Crippen LogP contribution in [0.3, 0.4) is 0 Å². The Labute approximate surface area is 117 Å².